The second-order valence-electron chi connectivity index (χ2n) is 2.35. The number of nitrogens with zero attached hydrogens (tertiary/aromatic N) is 2. The van der Waals surface area contributed by atoms with Crippen LogP contribution < -0.4 is 4.74 Å². The van der Waals surface area contributed by atoms with Gasteiger partial charge in [0.05, 0.1) is 19.0 Å². The van der Waals surface area contributed by atoms with Crippen LogP contribution in [0.15, 0.2) is 6.20 Å². The van der Waals surface area contributed by atoms with Crippen LogP contribution in [0.5, 0.6) is 5.88 Å². The molecule has 1 rings (SSSR count). The van der Waals surface area contributed by atoms with Crippen molar-refractivity contribution < 1.29 is 17.9 Å². The van der Waals surface area contributed by atoms with Crippen molar-refractivity contribution in [1.82, 2.24) is 9.97 Å². The molecule has 1 aromatic heterocycles. The Kier molecular flexibility index (Phi) is 2.40. The molecule has 0 aliphatic heterocycles. The molecule has 6 heteroatoms. The minimum atomic E-state index is -4.45. The molecule has 1 aromatic rings. The summed E-state index contributed by atoms with van der Waals surface area (Å²) in [6, 6.07) is 0. The highest BCUT2D eigenvalue weighted by molar-refractivity contribution is 5.19. The molecule has 72 valence electrons. The smallest absolute Gasteiger partial charge is 0.434 e. The Balaban J connectivity index is 3.10. The van der Waals surface area contributed by atoms with E-state index in [1.54, 1.807) is 0 Å². The average molecular weight is 192 g/mol. The maximum Gasteiger partial charge on any atom is 0.434 e. The van der Waals surface area contributed by atoms with Gasteiger partial charge in [-0.15, -0.1) is 0 Å². The van der Waals surface area contributed by atoms with Crippen LogP contribution in [0.2, 0.25) is 0 Å². The van der Waals surface area contributed by atoms with Gasteiger partial charge in [0.1, 0.15) is 0 Å². The molecule has 0 aromatic carbocycles. The molecule has 0 radical (unpaired) electrons. The maximum absolute atomic E-state index is 12.1. The summed E-state index contributed by atoms with van der Waals surface area (Å²) in [5.74, 6) is 0.105. The van der Waals surface area contributed by atoms with Crippen LogP contribution in [0.4, 0.5) is 13.2 Å². The van der Waals surface area contributed by atoms with E-state index in [-0.39, 0.29) is 11.6 Å². The summed E-state index contributed by atoms with van der Waals surface area (Å²) >= 11 is 0. The van der Waals surface area contributed by atoms with Gasteiger partial charge in [0.15, 0.2) is 5.69 Å². The van der Waals surface area contributed by atoms with Gasteiger partial charge in [0.2, 0.25) is 5.88 Å². The number of halogens is 3. The minimum Gasteiger partial charge on any atom is -0.480 e. The number of aromatic nitrogens is 2. The molecular formula is C7H7F3N2O. The lowest BCUT2D eigenvalue weighted by molar-refractivity contribution is -0.141. The van der Waals surface area contributed by atoms with Gasteiger partial charge in [-0.2, -0.15) is 13.2 Å². The Morgan fingerprint density at radius 2 is 2.00 bits per heavy atom. The Morgan fingerprint density at radius 1 is 1.38 bits per heavy atom. The SMILES string of the molecule is COc1ncc(C(F)(F)F)nc1C. The first-order valence-electron chi connectivity index (χ1n) is 3.40. The second-order valence-corrected chi connectivity index (χ2v) is 2.35. The van der Waals surface area contributed by atoms with Crippen molar-refractivity contribution in [3.05, 3.63) is 17.6 Å². The van der Waals surface area contributed by atoms with Crippen LogP contribution in [0, 0.1) is 6.92 Å². The highest BCUT2D eigenvalue weighted by atomic mass is 19.4. The molecule has 3 nitrogen and oxygen atoms in total. The van der Waals surface area contributed by atoms with E-state index in [2.05, 4.69) is 14.7 Å². The molecule has 0 spiro atoms. The van der Waals surface area contributed by atoms with Gasteiger partial charge < -0.3 is 4.74 Å². The molecule has 0 amide bonds. The molecule has 0 fully saturated rings. The maximum atomic E-state index is 12.1. The predicted molar refractivity (Wildman–Crippen MR) is 38.3 cm³/mol. The molecule has 1 heterocycles. The molecule has 0 aliphatic rings. The van der Waals surface area contributed by atoms with Crippen LogP contribution in [-0.2, 0) is 6.18 Å². The molecule has 13 heavy (non-hydrogen) atoms. The molecule has 0 saturated heterocycles. The summed E-state index contributed by atoms with van der Waals surface area (Å²) in [4.78, 5) is 6.76. The highest BCUT2D eigenvalue weighted by Crippen LogP contribution is 2.28. The van der Waals surface area contributed by atoms with E-state index in [1.807, 2.05) is 0 Å². The summed E-state index contributed by atoms with van der Waals surface area (Å²) in [6.45, 7) is 1.40. The third-order valence-corrected chi connectivity index (χ3v) is 1.39. The summed E-state index contributed by atoms with van der Waals surface area (Å²) < 4.78 is 40.9. The summed E-state index contributed by atoms with van der Waals surface area (Å²) in [5.41, 5.74) is -0.886. The van der Waals surface area contributed by atoms with Gasteiger partial charge in [0, 0.05) is 0 Å². The van der Waals surface area contributed by atoms with Gasteiger partial charge in [-0.05, 0) is 6.92 Å². The zero-order chi connectivity index (χ0) is 10.1. The van der Waals surface area contributed by atoms with Gasteiger partial charge >= 0.3 is 6.18 Å². The van der Waals surface area contributed by atoms with E-state index in [0.717, 1.165) is 0 Å². The fourth-order valence-corrected chi connectivity index (χ4v) is 0.808. The van der Waals surface area contributed by atoms with Crippen LogP contribution >= 0.6 is 0 Å². The van der Waals surface area contributed by atoms with Crippen LogP contribution in [0.1, 0.15) is 11.4 Å². The Morgan fingerprint density at radius 3 is 2.38 bits per heavy atom. The monoisotopic (exact) mass is 192 g/mol. The Labute approximate surface area is 72.6 Å². The number of aryl methyl sites for hydroxylation is 1. The lowest BCUT2D eigenvalue weighted by Gasteiger charge is -2.07. The van der Waals surface area contributed by atoms with Crippen molar-refractivity contribution in [3.63, 3.8) is 0 Å². The van der Waals surface area contributed by atoms with E-state index in [9.17, 15) is 13.2 Å². The Bertz CT molecular complexity index is 311. The molecule has 0 atom stereocenters. The average Bonchev–Trinajstić information content (AvgIpc) is 2.02. The molecule has 0 unspecified atom stereocenters. The third-order valence-electron chi connectivity index (χ3n) is 1.39. The number of alkyl halides is 3. The van der Waals surface area contributed by atoms with Crippen molar-refractivity contribution >= 4 is 0 Å². The standard InChI is InChI=1S/C7H7F3N2O/c1-4-6(13-2)11-3-5(12-4)7(8,9)10/h3H,1-2H3. The first kappa shape index (κ1) is 9.76. The molecule has 0 N–H and O–H groups in total. The summed E-state index contributed by atoms with van der Waals surface area (Å²) in [6.07, 6.45) is -3.81. The number of rotatable bonds is 1. The zero-order valence-corrected chi connectivity index (χ0v) is 7.01. The molecule has 0 bridgehead atoms. The largest absolute Gasteiger partial charge is 0.480 e. The van der Waals surface area contributed by atoms with E-state index in [1.165, 1.54) is 14.0 Å². The van der Waals surface area contributed by atoms with E-state index in [0.29, 0.717) is 6.20 Å². The van der Waals surface area contributed by atoms with Crippen LogP contribution in [0.25, 0.3) is 0 Å². The van der Waals surface area contributed by atoms with E-state index >= 15 is 0 Å². The van der Waals surface area contributed by atoms with E-state index < -0.39 is 11.9 Å². The van der Waals surface area contributed by atoms with Crippen molar-refractivity contribution in [2.24, 2.45) is 0 Å². The lowest BCUT2D eigenvalue weighted by atomic mass is 10.4. The van der Waals surface area contributed by atoms with Crippen molar-refractivity contribution in [2.45, 2.75) is 13.1 Å². The van der Waals surface area contributed by atoms with Crippen LogP contribution in [-0.4, -0.2) is 17.1 Å². The highest BCUT2D eigenvalue weighted by Gasteiger charge is 2.33. The molecule has 0 aliphatic carbocycles. The normalized spacial score (nSPS) is 11.5. The van der Waals surface area contributed by atoms with Gasteiger partial charge in [-0.25, -0.2) is 9.97 Å². The lowest BCUT2D eigenvalue weighted by Crippen LogP contribution is -2.10. The predicted octanol–water partition coefficient (Wildman–Crippen LogP) is 1.81. The first-order valence-corrected chi connectivity index (χ1v) is 3.40. The molecule has 0 saturated carbocycles. The quantitative estimate of drug-likeness (QED) is 0.680. The second kappa shape index (κ2) is 3.20. The summed E-state index contributed by atoms with van der Waals surface area (Å²) in [7, 11) is 1.32. The Hall–Kier alpha value is -1.33. The summed E-state index contributed by atoms with van der Waals surface area (Å²) in [5, 5.41) is 0. The fraction of sp³-hybridized carbons (Fsp3) is 0.429. The van der Waals surface area contributed by atoms with E-state index in [4.69, 9.17) is 0 Å². The van der Waals surface area contributed by atoms with Crippen LogP contribution in [0.3, 0.4) is 0 Å². The van der Waals surface area contributed by atoms with Gasteiger partial charge in [-0.1, -0.05) is 0 Å². The fourth-order valence-electron chi connectivity index (χ4n) is 0.808. The number of hydrogen-bond donors (Lipinski definition) is 0. The first-order chi connectivity index (χ1) is 5.95. The number of hydrogen-bond acceptors (Lipinski definition) is 3. The number of methoxy groups -OCH3 is 1. The zero-order valence-electron chi connectivity index (χ0n) is 7.01. The van der Waals surface area contributed by atoms with Gasteiger partial charge in [0.25, 0.3) is 0 Å². The van der Waals surface area contributed by atoms with Crippen molar-refractivity contribution in [3.8, 4) is 5.88 Å². The van der Waals surface area contributed by atoms with Crippen molar-refractivity contribution in [2.75, 3.05) is 7.11 Å². The third kappa shape index (κ3) is 2.07. The minimum absolute atomic E-state index is 0.105. The molecular weight excluding hydrogens is 185 g/mol. The van der Waals surface area contributed by atoms with Gasteiger partial charge in [-0.3, -0.25) is 0 Å². The van der Waals surface area contributed by atoms with Crippen molar-refractivity contribution in [1.29, 1.82) is 0 Å². The number of ether oxygens (including phenoxy) is 1. The topological polar surface area (TPSA) is 35.0 Å².